The van der Waals surface area contributed by atoms with Crippen molar-refractivity contribution in [3.63, 3.8) is 0 Å². The topological polar surface area (TPSA) is 87.5 Å². The molecule has 11 heteroatoms. The van der Waals surface area contributed by atoms with Crippen LogP contribution < -0.4 is 9.64 Å². The van der Waals surface area contributed by atoms with Gasteiger partial charge in [-0.2, -0.15) is 10.2 Å². The Balaban J connectivity index is 1.48. The zero-order valence-electron chi connectivity index (χ0n) is 21.5. The Morgan fingerprint density at radius 2 is 2.14 bits per heavy atom. The van der Waals surface area contributed by atoms with Crippen LogP contribution in [0.25, 0.3) is 27.6 Å². The molecular weight excluding hydrogens is 479 g/mol. The SMILES string of the molecule is COc1cc(-c2[nH]nc(-c3nc(C)c(N4CCN(CCCF)CC4C)s3)c2C(C)C)cn2ncnc12. The van der Waals surface area contributed by atoms with E-state index in [1.54, 1.807) is 23.0 Å². The molecule has 9 nitrogen and oxygen atoms in total. The van der Waals surface area contributed by atoms with Crippen molar-refractivity contribution in [1.82, 2.24) is 34.7 Å². The lowest BCUT2D eigenvalue weighted by molar-refractivity contribution is 0.219. The minimum atomic E-state index is -0.255. The molecule has 5 rings (SSSR count). The lowest BCUT2D eigenvalue weighted by Gasteiger charge is -2.40. The second-order valence-corrected chi connectivity index (χ2v) is 10.6. The number of anilines is 1. The quantitative estimate of drug-likeness (QED) is 0.370. The molecule has 1 saturated heterocycles. The molecule has 0 bridgehead atoms. The third kappa shape index (κ3) is 4.45. The number of nitrogens with one attached hydrogen (secondary N) is 1. The second-order valence-electron chi connectivity index (χ2n) is 9.64. The van der Waals surface area contributed by atoms with E-state index >= 15 is 0 Å². The number of fused-ring (bicyclic) bond motifs is 1. The molecule has 1 aliphatic heterocycles. The van der Waals surface area contributed by atoms with Gasteiger partial charge in [-0.3, -0.25) is 14.4 Å². The van der Waals surface area contributed by atoms with Gasteiger partial charge in [0, 0.05) is 49.5 Å². The summed E-state index contributed by atoms with van der Waals surface area (Å²) in [6.07, 6.45) is 4.06. The summed E-state index contributed by atoms with van der Waals surface area (Å²) in [5.41, 5.74) is 5.54. The van der Waals surface area contributed by atoms with Crippen molar-refractivity contribution >= 4 is 22.0 Å². The summed E-state index contributed by atoms with van der Waals surface area (Å²) in [4.78, 5) is 14.0. The van der Waals surface area contributed by atoms with Crippen LogP contribution in [-0.4, -0.2) is 80.7 Å². The van der Waals surface area contributed by atoms with E-state index in [1.165, 1.54) is 11.3 Å². The van der Waals surface area contributed by atoms with Crippen molar-refractivity contribution in [2.45, 2.75) is 46.1 Å². The Hall–Kier alpha value is -3.05. The van der Waals surface area contributed by atoms with Gasteiger partial charge < -0.3 is 9.64 Å². The maximum atomic E-state index is 12.6. The highest BCUT2D eigenvalue weighted by atomic mass is 32.1. The number of aromatic nitrogens is 6. The fourth-order valence-corrected chi connectivity index (χ4v) is 6.26. The molecular formula is C25H33FN8OS. The summed E-state index contributed by atoms with van der Waals surface area (Å²) in [5, 5.41) is 14.4. The van der Waals surface area contributed by atoms with Crippen molar-refractivity contribution in [2.75, 3.05) is 44.9 Å². The monoisotopic (exact) mass is 512 g/mol. The Kier molecular flexibility index (Phi) is 6.94. The highest BCUT2D eigenvalue weighted by molar-refractivity contribution is 7.19. The van der Waals surface area contributed by atoms with Gasteiger partial charge in [0.25, 0.3) is 0 Å². The van der Waals surface area contributed by atoms with Gasteiger partial charge >= 0.3 is 0 Å². The van der Waals surface area contributed by atoms with E-state index in [-0.39, 0.29) is 12.6 Å². The standard InChI is InChI=1S/C25H33FN8OS/c1-15(2)20-21(18-11-19(35-5)23-27-14-28-34(23)13-18)30-31-22(20)24-29-17(4)25(36-24)33-10-9-32(8-6-7-26)12-16(33)3/h11,13-16H,6-10,12H2,1-5H3,(H,30,31). The Morgan fingerprint density at radius 3 is 2.86 bits per heavy atom. The molecule has 0 spiro atoms. The van der Waals surface area contributed by atoms with Crippen LogP contribution in [0.4, 0.5) is 9.39 Å². The summed E-state index contributed by atoms with van der Waals surface area (Å²) >= 11 is 1.70. The molecule has 36 heavy (non-hydrogen) atoms. The summed E-state index contributed by atoms with van der Waals surface area (Å²) in [7, 11) is 1.64. The predicted octanol–water partition coefficient (Wildman–Crippen LogP) is 4.55. The summed E-state index contributed by atoms with van der Waals surface area (Å²) in [5.74, 6) is 0.875. The largest absolute Gasteiger partial charge is 0.493 e. The van der Waals surface area contributed by atoms with Gasteiger partial charge in [0.15, 0.2) is 11.4 Å². The van der Waals surface area contributed by atoms with E-state index in [0.717, 1.165) is 59.4 Å². The van der Waals surface area contributed by atoms with Gasteiger partial charge in [0.05, 0.1) is 25.2 Å². The number of aryl methyl sites for hydroxylation is 1. The number of thiazole rings is 1. The molecule has 4 aromatic rings. The second kappa shape index (κ2) is 10.1. The number of halogens is 1. The number of ether oxygens (including phenoxy) is 1. The van der Waals surface area contributed by atoms with Crippen LogP contribution in [0.15, 0.2) is 18.6 Å². The van der Waals surface area contributed by atoms with E-state index in [9.17, 15) is 4.39 Å². The first-order chi connectivity index (χ1) is 17.4. The van der Waals surface area contributed by atoms with Crippen LogP contribution in [0.1, 0.15) is 44.4 Å². The normalized spacial score (nSPS) is 17.0. The fraction of sp³-hybridized carbons (Fsp3) is 0.520. The van der Waals surface area contributed by atoms with Gasteiger partial charge in [0.2, 0.25) is 0 Å². The van der Waals surface area contributed by atoms with Gasteiger partial charge in [-0.1, -0.05) is 25.2 Å². The Morgan fingerprint density at radius 1 is 1.31 bits per heavy atom. The van der Waals surface area contributed by atoms with E-state index in [4.69, 9.17) is 14.8 Å². The first-order valence-corrected chi connectivity index (χ1v) is 13.2. The Labute approximate surface area is 214 Å². The van der Waals surface area contributed by atoms with Crippen LogP contribution in [0.5, 0.6) is 5.75 Å². The van der Waals surface area contributed by atoms with E-state index in [0.29, 0.717) is 23.9 Å². The van der Waals surface area contributed by atoms with E-state index < -0.39 is 0 Å². The first kappa shape index (κ1) is 24.6. The van der Waals surface area contributed by atoms with Crippen LogP contribution in [0, 0.1) is 6.92 Å². The number of hydrogen-bond donors (Lipinski definition) is 1. The number of piperazine rings is 1. The number of H-pyrrole nitrogens is 1. The molecule has 1 N–H and O–H groups in total. The smallest absolute Gasteiger partial charge is 0.197 e. The minimum Gasteiger partial charge on any atom is -0.493 e. The molecule has 0 amide bonds. The number of pyridine rings is 1. The average molecular weight is 513 g/mol. The molecule has 5 heterocycles. The Bertz CT molecular complexity index is 1350. The predicted molar refractivity (Wildman–Crippen MR) is 141 cm³/mol. The molecule has 1 atom stereocenters. The molecule has 1 aliphatic rings. The molecule has 0 aliphatic carbocycles. The zero-order chi connectivity index (χ0) is 25.4. The molecule has 0 aromatic carbocycles. The number of methoxy groups -OCH3 is 1. The highest BCUT2D eigenvalue weighted by Crippen LogP contribution is 2.41. The van der Waals surface area contributed by atoms with Crippen molar-refractivity contribution in [3.8, 4) is 27.7 Å². The molecule has 192 valence electrons. The lowest BCUT2D eigenvalue weighted by atomic mass is 9.97. The number of alkyl halides is 1. The third-order valence-corrected chi connectivity index (χ3v) is 7.99. The fourth-order valence-electron chi connectivity index (χ4n) is 5.06. The number of hydrogen-bond acceptors (Lipinski definition) is 8. The number of nitrogens with zero attached hydrogens (tertiary/aromatic N) is 7. The van der Waals surface area contributed by atoms with Crippen molar-refractivity contribution in [2.24, 2.45) is 0 Å². The van der Waals surface area contributed by atoms with E-state index in [1.807, 2.05) is 12.3 Å². The highest BCUT2D eigenvalue weighted by Gasteiger charge is 2.29. The van der Waals surface area contributed by atoms with Crippen molar-refractivity contribution < 1.29 is 9.13 Å². The average Bonchev–Trinajstić information content (AvgIpc) is 3.60. The van der Waals surface area contributed by atoms with Crippen molar-refractivity contribution in [3.05, 3.63) is 29.8 Å². The van der Waals surface area contributed by atoms with Gasteiger partial charge in [-0.05, 0) is 32.3 Å². The van der Waals surface area contributed by atoms with Gasteiger partial charge in [0.1, 0.15) is 22.0 Å². The summed E-state index contributed by atoms with van der Waals surface area (Å²) in [6, 6.07) is 2.31. The van der Waals surface area contributed by atoms with Gasteiger partial charge in [-0.15, -0.1) is 0 Å². The lowest BCUT2D eigenvalue weighted by Crippen LogP contribution is -2.52. The molecule has 1 fully saturated rings. The number of rotatable bonds is 8. The molecule has 1 unspecified atom stereocenters. The zero-order valence-corrected chi connectivity index (χ0v) is 22.3. The molecule has 0 saturated carbocycles. The van der Waals surface area contributed by atoms with Crippen LogP contribution in [0.2, 0.25) is 0 Å². The van der Waals surface area contributed by atoms with E-state index in [2.05, 4.69) is 52.7 Å². The van der Waals surface area contributed by atoms with Gasteiger partial charge in [-0.25, -0.2) is 14.5 Å². The molecule has 0 radical (unpaired) electrons. The summed E-state index contributed by atoms with van der Waals surface area (Å²) < 4.78 is 19.9. The minimum absolute atomic E-state index is 0.219. The first-order valence-electron chi connectivity index (χ1n) is 12.4. The summed E-state index contributed by atoms with van der Waals surface area (Å²) in [6.45, 7) is 12.0. The maximum Gasteiger partial charge on any atom is 0.197 e. The van der Waals surface area contributed by atoms with Crippen LogP contribution in [0.3, 0.4) is 0 Å². The molecule has 4 aromatic heterocycles. The van der Waals surface area contributed by atoms with Crippen LogP contribution >= 0.6 is 11.3 Å². The third-order valence-electron chi connectivity index (χ3n) is 6.79. The van der Waals surface area contributed by atoms with Crippen molar-refractivity contribution in [1.29, 1.82) is 0 Å². The number of aromatic amines is 1. The maximum absolute atomic E-state index is 12.6. The van der Waals surface area contributed by atoms with Crippen LogP contribution in [-0.2, 0) is 0 Å².